The Bertz CT molecular complexity index is 295. The number of anilines is 1. The maximum atomic E-state index is 4.17. The fourth-order valence-electron chi connectivity index (χ4n) is 1.74. The highest BCUT2D eigenvalue weighted by molar-refractivity contribution is 5.85. The van der Waals surface area contributed by atoms with Gasteiger partial charge in [-0.1, -0.05) is 0 Å². The quantitative estimate of drug-likeness (QED) is 0.820. The molecule has 2 heterocycles. The van der Waals surface area contributed by atoms with Crippen LogP contribution in [0.2, 0.25) is 0 Å². The highest BCUT2D eigenvalue weighted by atomic mass is 35.5. The van der Waals surface area contributed by atoms with Crippen LogP contribution in [0.1, 0.15) is 12.1 Å². The maximum absolute atomic E-state index is 4.17. The van der Waals surface area contributed by atoms with E-state index in [4.69, 9.17) is 0 Å². The van der Waals surface area contributed by atoms with E-state index in [1.54, 1.807) is 0 Å². The Morgan fingerprint density at radius 3 is 2.73 bits per heavy atom. The summed E-state index contributed by atoms with van der Waals surface area (Å²) < 4.78 is 0. The van der Waals surface area contributed by atoms with Gasteiger partial charge in [-0.15, -0.1) is 17.5 Å². The molecule has 1 aliphatic heterocycles. The van der Waals surface area contributed by atoms with Gasteiger partial charge in [0.2, 0.25) is 0 Å². The summed E-state index contributed by atoms with van der Waals surface area (Å²) in [5.41, 5.74) is 0.965. The van der Waals surface area contributed by atoms with Crippen LogP contribution in [-0.4, -0.2) is 36.4 Å². The second-order valence-corrected chi connectivity index (χ2v) is 3.79. The molecule has 0 amide bonds. The summed E-state index contributed by atoms with van der Waals surface area (Å²) in [6.45, 7) is 4.11. The second-order valence-electron chi connectivity index (χ2n) is 3.79. The number of nitrogens with one attached hydrogen (secondary N) is 1. The molecule has 4 nitrogen and oxygen atoms in total. The Balaban J connectivity index is 0.00000112. The van der Waals surface area contributed by atoms with Gasteiger partial charge < -0.3 is 10.2 Å². The molecule has 84 valence electrons. The van der Waals surface area contributed by atoms with Crippen molar-refractivity contribution in [1.29, 1.82) is 0 Å². The summed E-state index contributed by atoms with van der Waals surface area (Å²) in [6.07, 6.45) is 1.19. The van der Waals surface area contributed by atoms with Crippen molar-refractivity contribution in [1.82, 2.24) is 15.5 Å². The first-order chi connectivity index (χ1) is 6.77. The van der Waals surface area contributed by atoms with Gasteiger partial charge in [0, 0.05) is 19.6 Å². The third-order valence-electron chi connectivity index (χ3n) is 2.73. The topological polar surface area (TPSA) is 41.0 Å². The van der Waals surface area contributed by atoms with Crippen molar-refractivity contribution >= 4 is 18.2 Å². The van der Waals surface area contributed by atoms with Crippen LogP contribution in [0, 0.1) is 6.92 Å². The molecular formula is C10H17ClN4. The third-order valence-corrected chi connectivity index (χ3v) is 2.73. The van der Waals surface area contributed by atoms with Gasteiger partial charge in [0.15, 0.2) is 5.82 Å². The summed E-state index contributed by atoms with van der Waals surface area (Å²) in [5, 5.41) is 11.6. The Kier molecular flexibility index (Phi) is 4.29. The monoisotopic (exact) mass is 228 g/mol. The molecule has 1 N–H and O–H groups in total. The van der Waals surface area contributed by atoms with E-state index < -0.39 is 0 Å². The number of nitrogens with zero attached hydrogens (tertiary/aromatic N) is 3. The first-order valence-electron chi connectivity index (χ1n) is 5.01. The highest BCUT2D eigenvalue weighted by Crippen LogP contribution is 2.14. The van der Waals surface area contributed by atoms with Crippen LogP contribution in [0.5, 0.6) is 0 Å². The predicted molar refractivity (Wildman–Crippen MR) is 63.7 cm³/mol. The predicted octanol–water partition coefficient (Wildman–Crippen LogP) is 1.00. The Hall–Kier alpha value is -0.870. The van der Waals surface area contributed by atoms with Crippen molar-refractivity contribution in [3.8, 4) is 0 Å². The molecule has 15 heavy (non-hydrogen) atoms. The van der Waals surface area contributed by atoms with Gasteiger partial charge in [0.1, 0.15) is 0 Å². The zero-order chi connectivity index (χ0) is 9.97. The van der Waals surface area contributed by atoms with E-state index in [1.807, 2.05) is 19.1 Å². The molecule has 0 saturated carbocycles. The maximum Gasteiger partial charge on any atom is 0.151 e. The standard InChI is InChI=1S/C10H16N4.ClH/c1-8-3-4-10(13-12-8)14(2)9-5-6-11-7-9;/h3-4,9,11H,5-7H2,1-2H3;1H/t9-;/m0./s1. The molecule has 1 atom stereocenters. The molecule has 1 aromatic heterocycles. The lowest BCUT2D eigenvalue weighted by Crippen LogP contribution is -2.34. The minimum Gasteiger partial charge on any atom is -0.354 e. The molecule has 1 aliphatic rings. The second kappa shape index (κ2) is 5.28. The van der Waals surface area contributed by atoms with E-state index in [9.17, 15) is 0 Å². The minimum atomic E-state index is 0. The molecule has 5 heteroatoms. The van der Waals surface area contributed by atoms with E-state index in [-0.39, 0.29) is 12.4 Å². The molecular weight excluding hydrogens is 212 g/mol. The van der Waals surface area contributed by atoms with Crippen molar-refractivity contribution in [3.63, 3.8) is 0 Å². The lowest BCUT2D eigenvalue weighted by Gasteiger charge is -2.24. The molecule has 0 radical (unpaired) electrons. The van der Waals surface area contributed by atoms with E-state index in [2.05, 4.69) is 27.5 Å². The van der Waals surface area contributed by atoms with Crippen LogP contribution in [0.25, 0.3) is 0 Å². The summed E-state index contributed by atoms with van der Waals surface area (Å²) >= 11 is 0. The molecule has 1 aromatic rings. The van der Waals surface area contributed by atoms with Crippen LogP contribution >= 0.6 is 12.4 Å². The first-order valence-corrected chi connectivity index (χ1v) is 5.01. The molecule has 2 rings (SSSR count). The molecule has 1 fully saturated rings. The van der Waals surface area contributed by atoms with E-state index in [0.717, 1.165) is 24.6 Å². The largest absolute Gasteiger partial charge is 0.354 e. The first kappa shape index (κ1) is 12.2. The number of halogens is 1. The third kappa shape index (κ3) is 2.79. The Morgan fingerprint density at radius 1 is 1.40 bits per heavy atom. The van der Waals surface area contributed by atoms with Crippen molar-refractivity contribution in [2.75, 3.05) is 25.0 Å². The molecule has 0 spiro atoms. The van der Waals surface area contributed by atoms with Gasteiger partial charge in [0.25, 0.3) is 0 Å². The van der Waals surface area contributed by atoms with Crippen molar-refractivity contribution in [2.45, 2.75) is 19.4 Å². The van der Waals surface area contributed by atoms with Crippen LogP contribution in [0.15, 0.2) is 12.1 Å². The van der Waals surface area contributed by atoms with E-state index in [0.29, 0.717) is 6.04 Å². The number of rotatable bonds is 2. The average Bonchev–Trinajstić information content (AvgIpc) is 2.71. The zero-order valence-corrected chi connectivity index (χ0v) is 9.92. The van der Waals surface area contributed by atoms with E-state index in [1.165, 1.54) is 6.42 Å². The van der Waals surface area contributed by atoms with Gasteiger partial charge in [-0.3, -0.25) is 0 Å². The number of hydrogen-bond acceptors (Lipinski definition) is 4. The lowest BCUT2D eigenvalue weighted by atomic mass is 10.2. The van der Waals surface area contributed by atoms with Gasteiger partial charge in [-0.2, -0.15) is 5.10 Å². The number of likely N-dealkylation sites (N-methyl/N-ethyl adjacent to an activating group) is 1. The minimum absolute atomic E-state index is 0. The molecule has 0 aromatic carbocycles. The van der Waals surface area contributed by atoms with Gasteiger partial charge >= 0.3 is 0 Å². The Morgan fingerprint density at radius 2 is 2.20 bits per heavy atom. The number of aromatic nitrogens is 2. The van der Waals surface area contributed by atoms with Crippen molar-refractivity contribution in [3.05, 3.63) is 17.8 Å². The Labute approximate surface area is 96.5 Å². The fraction of sp³-hybridized carbons (Fsp3) is 0.600. The summed E-state index contributed by atoms with van der Waals surface area (Å²) in [7, 11) is 2.08. The van der Waals surface area contributed by atoms with Gasteiger partial charge in [0.05, 0.1) is 5.69 Å². The van der Waals surface area contributed by atoms with Gasteiger partial charge in [-0.25, -0.2) is 0 Å². The number of hydrogen-bond donors (Lipinski definition) is 1. The normalized spacial score (nSPS) is 19.7. The van der Waals surface area contributed by atoms with Crippen molar-refractivity contribution in [2.24, 2.45) is 0 Å². The average molecular weight is 229 g/mol. The zero-order valence-electron chi connectivity index (χ0n) is 9.10. The van der Waals surface area contributed by atoms with Crippen molar-refractivity contribution < 1.29 is 0 Å². The SMILES string of the molecule is Cc1ccc(N(C)[C@H]2CCNC2)nn1.Cl. The fourth-order valence-corrected chi connectivity index (χ4v) is 1.74. The number of aryl methyl sites for hydroxylation is 1. The van der Waals surface area contributed by atoms with Crippen LogP contribution in [-0.2, 0) is 0 Å². The molecule has 0 bridgehead atoms. The summed E-state index contributed by atoms with van der Waals surface area (Å²) in [5.74, 6) is 0.962. The molecule has 0 unspecified atom stereocenters. The van der Waals surface area contributed by atoms with Crippen LogP contribution in [0.4, 0.5) is 5.82 Å². The summed E-state index contributed by atoms with van der Waals surface area (Å²) in [4.78, 5) is 2.20. The highest BCUT2D eigenvalue weighted by Gasteiger charge is 2.20. The smallest absolute Gasteiger partial charge is 0.151 e. The van der Waals surface area contributed by atoms with E-state index >= 15 is 0 Å². The molecule has 1 saturated heterocycles. The van der Waals surface area contributed by atoms with Crippen LogP contribution in [0.3, 0.4) is 0 Å². The van der Waals surface area contributed by atoms with Crippen LogP contribution < -0.4 is 10.2 Å². The lowest BCUT2D eigenvalue weighted by molar-refractivity contribution is 0.671. The molecule has 0 aliphatic carbocycles. The summed E-state index contributed by atoms with van der Waals surface area (Å²) in [6, 6.07) is 4.59. The van der Waals surface area contributed by atoms with Gasteiger partial charge in [-0.05, 0) is 32.0 Å².